The fourth-order valence-electron chi connectivity index (χ4n) is 2.28. The molecule has 0 fully saturated rings. The van der Waals surface area contributed by atoms with E-state index in [0.29, 0.717) is 5.75 Å². The molecule has 0 saturated carbocycles. The zero-order valence-corrected chi connectivity index (χ0v) is 17.6. The second kappa shape index (κ2) is 10.5. The van der Waals surface area contributed by atoms with E-state index in [9.17, 15) is 9.59 Å². The van der Waals surface area contributed by atoms with Gasteiger partial charge in [-0.1, -0.05) is 24.3 Å². The molecule has 8 heteroatoms. The van der Waals surface area contributed by atoms with E-state index in [0.717, 1.165) is 21.3 Å². The first kappa shape index (κ1) is 21.4. The molecule has 7 nitrogen and oxygen atoms in total. The number of hydrazone groups is 1. The largest absolute Gasteiger partial charge is 0.484 e. The number of para-hydroxylation sites is 1. The minimum absolute atomic E-state index is 0.159. The SMILES string of the molecule is Cc1ccccc1OCC(=O)NCC(=O)NN=Cc1ccc(N(C)C)c(Br)c1. The van der Waals surface area contributed by atoms with Crippen molar-refractivity contribution in [3.63, 3.8) is 0 Å². The summed E-state index contributed by atoms with van der Waals surface area (Å²) < 4.78 is 6.35. The fourth-order valence-corrected chi connectivity index (χ4v) is 3.03. The van der Waals surface area contributed by atoms with Crippen LogP contribution in [0.1, 0.15) is 11.1 Å². The first-order valence-corrected chi connectivity index (χ1v) is 9.40. The van der Waals surface area contributed by atoms with Crippen LogP contribution >= 0.6 is 15.9 Å². The predicted molar refractivity (Wildman–Crippen MR) is 114 cm³/mol. The van der Waals surface area contributed by atoms with Crippen molar-refractivity contribution in [1.82, 2.24) is 10.7 Å². The number of hydrogen-bond acceptors (Lipinski definition) is 5. The number of benzene rings is 2. The fraction of sp³-hybridized carbons (Fsp3) is 0.250. The molecule has 0 aromatic heterocycles. The molecule has 2 rings (SSSR count). The molecule has 0 spiro atoms. The maximum atomic E-state index is 11.8. The lowest BCUT2D eigenvalue weighted by atomic mass is 10.2. The number of rotatable bonds is 8. The summed E-state index contributed by atoms with van der Waals surface area (Å²) >= 11 is 3.50. The van der Waals surface area contributed by atoms with Crippen molar-refractivity contribution in [2.24, 2.45) is 5.10 Å². The number of carbonyl (C=O) groups is 2. The number of ether oxygens (including phenoxy) is 1. The van der Waals surface area contributed by atoms with Crippen molar-refractivity contribution in [3.8, 4) is 5.75 Å². The maximum Gasteiger partial charge on any atom is 0.259 e. The minimum Gasteiger partial charge on any atom is -0.484 e. The molecule has 0 aliphatic rings. The Kier molecular flexibility index (Phi) is 8.01. The smallest absolute Gasteiger partial charge is 0.259 e. The van der Waals surface area contributed by atoms with Crippen LogP contribution in [0.3, 0.4) is 0 Å². The van der Waals surface area contributed by atoms with Gasteiger partial charge in [0.2, 0.25) is 0 Å². The lowest BCUT2D eigenvalue weighted by Crippen LogP contribution is -2.37. The van der Waals surface area contributed by atoms with E-state index in [1.165, 1.54) is 6.21 Å². The van der Waals surface area contributed by atoms with Crippen molar-refractivity contribution in [1.29, 1.82) is 0 Å². The molecular formula is C20H23BrN4O3. The van der Waals surface area contributed by atoms with Crippen LogP contribution in [-0.2, 0) is 9.59 Å². The van der Waals surface area contributed by atoms with Crippen LogP contribution in [0.4, 0.5) is 5.69 Å². The number of nitrogens with one attached hydrogen (secondary N) is 2. The van der Waals surface area contributed by atoms with Crippen molar-refractivity contribution < 1.29 is 14.3 Å². The molecule has 0 unspecified atom stereocenters. The first-order chi connectivity index (χ1) is 13.4. The summed E-state index contributed by atoms with van der Waals surface area (Å²) in [5.74, 6) is -0.173. The van der Waals surface area contributed by atoms with Crippen molar-refractivity contribution >= 4 is 39.6 Å². The van der Waals surface area contributed by atoms with Crippen LogP contribution in [0, 0.1) is 6.92 Å². The minimum atomic E-state index is -0.426. The van der Waals surface area contributed by atoms with Gasteiger partial charge < -0.3 is 15.0 Å². The van der Waals surface area contributed by atoms with E-state index < -0.39 is 5.91 Å². The summed E-state index contributed by atoms with van der Waals surface area (Å²) in [5, 5.41) is 6.39. The van der Waals surface area contributed by atoms with Gasteiger partial charge >= 0.3 is 0 Å². The van der Waals surface area contributed by atoms with Crippen LogP contribution < -0.4 is 20.4 Å². The predicted octanol–water partition coefficient (Wildman–Crippen LogP) is 2.47. The average molecular weight is 447 g/mol. The summed E-state index contributed by atoms with van der Waals surface area (Å²) in [6.07, 6.45) is 1.53. The number of anilines is 1. The van der Waals surface area contributed by atoms with Gasteiger partial charge in [-0.15, -0.1) is 0 Å². The van der Waals surface area contributed by atoms with Gasteiger partial charge in [0.15, 0.2) is 6.61 Å². The Morgan fingerprint density at radius 2 is 1.93 bits per heavy atom. The van der Waals surface area contributed by atoms with E-state index in [2.05, 4.69) is 31.8 Å². The van der Waals surface area contributed by atoms with E-state index in [4.69, 9.17) is 4.74 Å². The van der Waals surface area contributed by atoms with E-state index in [1.54, 1.807) is 6.07 Å². The highest BCUT2D eigenvalue weighted by Gasteiger charge is 2.07. The molecule has 0 saturated heterocycles. The molecule has 0 aliphatic carbocycles. The average Bonchev–Trinajstić information content (AvgIpc) is 2.65. The highest BCUT2D eigenvalue weighted by atomic mass is 79.9. The van der Waals surface area contributed by atoms with Gasteiger partial charge in [-0.25, -0.2) is 5.43 Å². The van der Waals surface area contributed by atoms with Gasteiger partial charge in [-0.3, -0.25) is 9.59 Å². The standard InChI is InChI=1S/C20H23BrN4O3/c1-14-6-4-5-7-18(14)28-13-20(27)22-12-19(26)24-23-11-15-8-9-17(25(2)3)16(21)10-15/h4-11H,12-13H2,1-3H3,(H,22,27)(H,24,26). The Morgan fingerprint density at radius 1 is 1.18 bits per heavy atom. The Labute approximate surface area is 172 Å². The van der Waals surface area contributed by atoms with Gasteiger partial charge in [0, 0.05) is 18.6 Å². The molecule has 0 bridgehead atoms. The molecule has 2 amide bonds. The number of hydrogen-bond donors (Lipinski definition) is 2. The van der Waals surface area contributed by atoms with Crippen molar-refractivity contribution in [2.75, 3.05) is 32.1 Å². The Balaban J connectivity index is 1.73. The van der Waals surface area contributed by atoms with Gasteiger partial charge in [0.25, 0.3) is 11.8 Å². The highest BCUT2D eigenvalue weighted by molar-refractivity contribution is 9.10. The molecule has 0 radical (unpaired) electrons. The summed E-state index contributed by atoms with van der Waals surface area (Å²) in [7, 11) is 3.91. The van der Waals surface area contributed by atoms with Gasteiger partial charge in [0.1, 0.15) is 5.75 Å². The van der Waals surface area contributed by atoms with Crippen molar-refractivity contribution in [2.45, 2.75) is 6.92 Å². The summed E-state index contributed by atoms with van der Waals surface area (Å²) in [4.78, 5) is 25.6. The first-order valence-electron chi connectivity index (χ1n) is 8.60. The molecular weight excluding hydrogens is 424 g/mol. The Bertz CT molecular complexity index is 868. The number of carbonyl (C=O) groups excluding carboxylic acids is 2. The molecule has 28 heavy (non-hydrogen) atoms. The Morgan fingerprint density at radius 3 is 2.61 bits per heavy atom. The molecule has 0 aliphatic heterocycles. The van der Waals surface area contributed by atoms with Gasteiger partial charge in [-0.05, 0) is 52.2 Å². The molecule has 0 heterocycles. The van der Waals surface area contributed by atoms with Crippen LogP contribution in [-0.4, -0.2) is 45.3 Å². The number of amides is 2. The molecule has 2 N–H and O–H groups in total. The van der Waals surface area contributed by atoms with Crippen LogP contribution in [0.25, 0.3) is 0 Å². The van der Waals surface area contributed by atoms with Crippen LogP contribution in [0.5, 0.6) is 5.75 Å². The third-order valence-corrected chi connectivity index (χ3v) is 4.39. The highest BCUT2D eigenvalue weighted by Crippen LogP contribution is 2.25. The van der Waals surface area contributed by atoms with E-state index >= 15 is 0 Å². The molecule has 2 aromatic carbocycles. The Hall–Kier alpha value is -2.87. The summed E-state index contributed by atoms with van der Waals surface area (Å²) in [6.45, 7) is 1.55. The second-order valence-electron chi connectivity index (χ2n) is 6.23. The number of halogens is 1. The maximum absolute atomic E-state index is 11.8. The zero-order chi connectivity index (χ0) is 20.5. The molecule has 0 atom stereocenters. The lowest BCUT2D eigenvalue weighted by Gasteiger charge is -2.14. The van der Waals surface area contributed by atoms with Crippen molar-refractivity contribution in [3.05, 3.63) is 58.1 Å². The monoisotopic (exact) mass is 446 g/mol. The zero-order valence-electron chi connectivity index (χ0n) is 16.0. The quantitative estimate of drug-likeness (QED) is 0.481. The van der Waals surface area contributed by atoms with Gasteiger partial charge in [-0.2, -0.15) is 5.10 Å². The van der Waals surface area contributed by atoms with Crippen LogP contribution in [0.2, 0.25) is 0 Å². The molecule has 148 valence electrons. The summed E-state index contributed by atoms with van der Waals surface area (Å²) in [6, 6.07) is 13.1. The molecule has 2 aromatic rings. The third kappa shape index (κ3) is 6.70. The van der Waals surface area contributed by atoms with E-state index in [-0.39, 0.29) is 19.1 Å². The van der Waals surface area contributed by atoms with Gasteiger partial charge in [0.05, 0.1) is 18.4 Å². The van der Waals surface area contributed by atoms with Crippen LogP contribution in [0.15, 0.2) is 52.0 Å². The topological polar surface area (TPSA) is 83.0 Å². The lowest BCUT2D eigenvalue weighted by molar-refractivity contribution is -0.127. The summed E-state index contributed by atoms with van der Waals surface area (Å²) in [5.41, 5.74) is 5.18. The number of aryl methyl sites for hydroxylation is 1. The normalized spacial score (nSPS) is 10.6. The third-order valence-electron chi connectivity index (χ3n) is 3.75. The second-order valence-corrected chi connectivity index (χ2v) is 7.08. The number of nitrogens with zero attached hydrogens (tertiary/aromatic N) is 2. The van der Waals surface area contributed by atoms with E-state index in [1.807, 2.05) is 62.3 Å².